The summed E-state index contributed by atoms with van der Waals surface area (Å²) in [4.78, 5) is 18.6. The number of para-hydroxylation sites is 1. The summed E-state index contributed by atoms with van der Waals surface area (Å²) in [6.07, 6.45) is 2.73. The van der Waals surface area contributed by atoms with Crippen LogP contribution in [-0.4, -0.2) is 73.4 Å². The van der Waals surface area contributed by atoms with E-state index in [0.29, 0.717) is 32.7 Å². The molecule has 0 saturated heterocycles. The Balaban J connectivity index is 1.71. The van der Waals surface area contributed by atoms with Crippen LogP contribution in [0.3, 0.4) is 0 Å². The molecule has 0 aliphatic carbocycles. The van der Waals surface area contributed by atoms with E-state index in [9.17, 15) is 14.3 Å². The minimum Gasteiger partial charge on any atom is -0.488 e. The van der Waals surface area contributed by atoms with Gasteiger partial charge in [0, 0.05) is 38.2 Å². The monoisotopic (exact) mass is 478 g/mol. The zero-order valence-corrected chi connectivity index (χ0v) is 20.4. The second kappa shape index (κ2) is 13.0. The minimum absolute atomic E-state index is 0.00454. The zero-order valence-electron chi connectivity index (χ0n) is 19.5. The lowest BCUT2D eigenvalue weighted by Gasteiger charge is -2.37. The molecule has 0 radical (unpaired) electrons. The molecule has 3 rings (SSSR count). The number of aliphatic hydroxyl groups excluding tert-OH is 1. The molecule has 1 aliphatic heterocycles. The Morgan fingerprint density at radius 2 is 2.18 bits per heavy atom. The standard InChI is InChI=1S/C25H35FN2O4S/c1-3-7-19(29)16-27(12-6-14-31-2)17-25(30)28-13-10-24-20(11-15-33-24)22(28)18-32-23-9-5-4-8-21(23)26/h4-5,8-9,11,15,19,22,29H,3,6-7,10,12-14,16-18H2,1-2H3/t19-,22+/m0/s1. The maximum atomic E-state index is 14.1. The first-order chi connectivity index (χ1) is 16.0. The van der Waals surface area contributed by atoms with Crippen molar-refractivity contribution in [2.24, 2.45) is 0 Å². The Bertz CT molecular complexity index is 878. The highest BCUT2D eigenvalue weighted by atomic mass is 32.1. The Morgan fingerprint density at radius 3 is 2.94 bits per heavy atom. The third kappa shape index (κ3) is 7.24. The Hall–Kier alpha value is -2.00. The van der Waals surface area contributed by atoms with E-state index in [1.54, 1.807) is 36.6 Å². The molecule has 2 atom stereocenters. The number of methoxy groups -OCH3 is 1. The first-order valence-corrected chi connectivity index (χ1v) is 12.5. The number of hydrogen-bond donors (Lipinski definition) is 1. The summed E-state index contributed by atoms with van der Waals surface area (Å²) in [6.45, 7) is 4.79. The summed E-state index contributed by atoms with van der Waals surface area (Å²) in [5, 5.41) is 12.4. The van der Waals surface area contributed by atoms with Gasteiger partial charge in [0.25, 0.3) is 0 Å². The SMILES string of the molecule is CCC[C@H](O)CN(CCCOC)CC(=O)N1CCc2sccc2[C@H]1COc1ccccc1F. The van der Waals surface area contributed by atoms with E-state index in [1.807, 2.05) is 28.2 Å². The van der Waals surface area contributed by atoms with Gasteiger partial charge in [0.2, 0.25) is 5.91 Å². The average Bonchev–Trinajstić information content (AvgIpc) is 3.27. The molecule has 1 N–H and O–H groups in total. The topological polar surface area (TPSA) is 62.2 Å². The highest BCUT2D eigenvalue weighted by Crippen LogP contribution is 2.34. The van der Waals surface area contributed by atoms with Crippen LogP contribution in [-0.2, 0) is 16.0 Å². The quantitative estimate of drug-likeness (QED) is 0.443. The largest absolute Gasteiger partial charge is 0.488 e. The second-order valence-electron chi connectivity index (χ2n) is 8.42. The van der Waals surface area contributed by atoms with Crippen molar-refractivity contribution >= 4 is 17.2 Å². The lowest BCUT2D eigenvalue weighted by molar-refractivity contribution is -0.136. The number of halogens is 1. The highest BCUT2D eigenvalue weighted by molar-refractivity contribution is 7.10. The summed E-state index contributed by atoms with van der Waals surface area (Å²) in [5.74, 6) is -0.225. The fourth-order valence-electron chi connectivity index (χ4n) is 4.28. The number of rotatable bonds is 13. The molecule has 0 unspecified atom stereocenters. The smallest absolute Gasteiger partial charge is 0.237 e. The number of amides is 1. The Morgan fingerprint density at radius 1 is 1.36 bits per heavy atom. The molecule has 6 nitrogen and oxygen atoms in total. The van der Waals surface area contributed by atoms with Gasteiger partial charge in [-0.2, -0.15) is 0 Å². The molecular weight excluding hydrogens is 443 g/mol. The molecule has 0 spiro atoms. The predicted molar refractivity (Wildman–Crippen MR) is 128 cm³/mol. The van der Waals surface area contributed by atoms with E-state index >= 15 is 0 Å². The van der Waals surface area contributed by atoms with Gasteiger partial charge in [-0.25, -0.2) is 4.39 Å². The number of nitrogens with zero attached hydrogens (tertiary/aromatic N) is 2. The third-order valence-corrected chi connectivity index (χ3v) is 6.92. The molecular formula is C25H35FN2O4S. The van der Waals surface area contributed by atoms with Gasteiger partial charge in [-0.05, 0) is 48.4 Å². The Labute approximate surface area is 199 Å². The molecule has 1 amide bonds. The first-order valence-electron chi connectivity index (χ1n) is 11.7. The molecule has 0 bridgehead atoms. The molecule has 0 saturated carbocycles. The summed E-state index contributed by atoms with van der Waals surface area (Å²) < 4.78 is 25.1. The van der Waals surface area contributed by atoms with Crippen LogP contribution < -0.4 is 4.74 Å². The molecule has 8 heteroatoms. The number of carbonyl (C=O) groups is 1. The van der Waals surface area contributed by atoms with E-state index < -0.39 is 11.9 Å². The van der Waals surface area contributed by atoms with Crippen molar-refractivity contribution in [3.63, 3.8) is 0 Å². The van der Waals surface area contributed by atoms with Crippen LogP contribution >= 0.6 is 11.3 Å². The van der Waals surface area contributed by atoms with Crippen molar-refractivity contribution < 1.29 is 23.8 Å². The van der Waals surface area contributed by atoms with Crippen molar-refractivity contribution in [1.82, 2.24) is 9.80 Å². The van der Waals surface area contributed by atoms with Gasteiger partial charge in [-0.1, -0.05) is 25.5 Å². The summed E-state index contributed by atoms with van der Waals surface area (Å²) in [5.41, 5.74) is 1.08. The number of ether oxygens (including phenoxy) is 2. The van der Waals surface area contributed by atoms with Crippen LogP contribution in [0.5, 0.6) is 5.75 Å². The maximum Gasteiger partial charge on any atom is 0.237 e. The number of carbonyl (C=O) groups excluding carboxylic acids is 1. The van der Waals surface area contributed by atoms with Gasteiger partial charge in [0.05, 0.1) is 18.7 Å². The highest BCUT2D eigenvalue weighted by Gasteiger charge is 2.33. The summed E-state index contributed by atoms with van der Waals surface area (Å²) >= 11 is 1.68. The second-order valence-corrected chi connectivity index (χ2v) is 9.42. The molecule has 2 heterocycles. The number of benzene rings is 1. The number of fused-ring (bicyclic) bond motifs is 1. The van der Waals surface area contributed by atoms with E-state index in [1.165, 1.54) is 10.9 Å². The van der Waals surface area contributed by atoms with Gasteiger partial charge >= 0.3 is 0 Å². The van der Waals surface area contributed by atoms with Crippen LogP contribution in [0.1, 0.15) is 42.7 Å². The van der Waals surface area contributed by atoms with Crippen LogP contribution in [0, 0.1) is 5.82 Å². The molecule has 1 aliphatic rings. The van der Waals surface area contributed by atoms with E-state index in [2.05, 4.69) is 0 Å². The van der Waals surface area contributed by atoms with E-state index in [0.717, 1.165) is 24.8 Å². The summed E-state index contributed by atoms with van der Waals surface area (Å²) in [7, 11) is 1.66. The maximum absolute atomic E-state index is 14.1. The van der Waals surface area contributed by atoms with Gasteiger partial charge in [-0.15, -0.1) is 11.3 Å². The van der Waals surface area contributed by atoms with Crippen molar-refractivity contribution in [3.8, 4) is 5.75 Å². The average molecular weight is 479 g/mol. The molecule has 33 heavy (non-hydrogen) atoms. The normalized spacial score (nSPS) is 16.6. The molecule has 0 fully saturated rings. The van der Waals surface area contributed by atoms with Crippen molar-refractivity contribution in [2.45, 2.75) is 44.8 Å². The van der Waals surface area contributed by atoms with Crippen molar-refractivity contribution in [2.75, 3.05) is 46.5 Å². The minimum atomic E-state index is -0.463. The van der Waals surface area contributed by atoms with Gasteiger partial charge in [-0.3, -0.25) is 9.69 Å². The summed E-state index contributed by atoms with van der Waals surface area (Å²) in [6, 6.07) is 8.10. The van der Waals surface area contributed by atoms with Gasteiger partial charge < -0.3 is 19.5 Å². The Kier molecular flexibility index (Phi) is 10.1. The number of aliphatic hydroxyl groups is 1. The number of thiophene rings is 1. The molecule has 182 valence electrons. The van der Waals surface area contributed by atoms with Crippen LogP contribution in [0.4, 0.5) is 4.39 Å². The van der Waals surface area contributed by atoms with Crippen LogP contribution in [0.2, 0.25) is 0 Å². The zero-order chi connectivity index (χ0) is 23.6. The van der Waals surface area contributed by atoms with Crippen molar-refractivity contribution in [1.29, 1.82) is 0 Å². The fraction of sp³-hybridized carbons (Fsp3) is 0.560. The predicted octanol–water partition coefficient (Wildman–Crippen LogP) is 3.89. The van der Waals surface area contributed by atoms with Gasteiger partial charge in [0.15, 0.2) is 11.6 Å². The first kappa shape index (κ1) is 25.6. The third-order valence-electron chi connectivity index (χ3n) is 5.92. The van der Waals surface area contributed by atoms with E-state index in [-0.39, 0.29) is 30.9 Å². The lowest BCUT2D eigenvalue weighted by Crippen LogP contribution is -2.48. The molecule has 1 aromatic heterocycles. The lowest BCUT2D eigenvalue weighted by atomic mass is 10.0. The molecule has 1 aromatic carbocycles. The number of hydrogen-bond acceptors (Lipinski definition) is 6. The van der Waals surface area contributed by atoms with Crippen LogP contribution in [0.25, 0.3) is 0 Å². The van der Waals surface area contributed by atoms with Crippen LogP contribution in [0.15, 0.2) is 35.7 Å². The molecule has 2 aromatic rings. The fourth-order valence-corrected chi connectivity index (χ4v) is 5.21. The van der Waals surface area contributed by atoms with Crippen molar-refractivity contribution in [3.05, 3.63) is 52.0 Å². The van der Waals surface area contributed by atoms with Gasteiger partial charge in [0.1, 0.15) is 6.61 Å². The van der Waals surface area contributed by atoms with E-state index in [4.69, 9.17) is 9.47 Å².